The zero-order valence-electron chi connectivity index (χ0n) is 11.5. The molecule has 0 aromatic heterocycles. The minimum atomic E-state index is -0.231. The highest BCUT2D eigenvalue weighted by molar-refractivity contribution is 5.30. The van der Waals surface area contributed by atoms with Crippen LogP contribution in [0.3, 0.4) is 0 Å². The quantitative estimate of drug-likeness (QED) is 0.871. The Hall–Kier alpha value is -2.31. The molecule has 20 heavy (non-hydrogen) atoms. The summed E-state index contributed by atoms with van der Waals surface area (Å²) in [7, 11) is 1.91. The summed E-state index contributed by atoms with van der Waals surface area (Å²) in [6.07, 6.45) is 0.103. The first-order chi connectivity index (χ1) is 9.83. The van der Waals surface area contributed by atoms with Gasteiger partial charge in [-0.2, -0.15) is 5.26 Å². The Bertz CT molecular complexity index is 575. The van der Waals surface area contributed by atoms with Crippen molar-refractivity contribution in [2.24, 2.45) is 0 Å². The van der Waals surface area contributed by atoms with Crippen LogP contribution in [0.4, 0.5) is 0 Å². The third-order valence-corrected chi connectivity index (χ3v) is 3.01. The maximum Gasteiger partial charge on any atom is 0.137 e. The molecule has 0 heterocycles. The Labute approximate surface area is 119 Å². The highest BCUT2D eigenvalue weighted by Crippen LogP contribution is 2.25. The van der Waals surface area contributed by atoms with E-state index in [1.54, 1.807) is 0 Å². The number of nitrogens with zero attached hydrogens (tertiary/aromatic N) is 1. The summed E-state index contributed by atoms with van der Waals surface area (Å²) in [5.41, 5.74) is 2.18. The van der Waals surface area contributed by atoms with Crippen LogP contribution in [-0.4, -0.2) is 7.05 Å². The number of nitrogens with one attached hydrogen (secondary N) is 1. The lowest BCUT2D eigenvalue weighted by Crippen LogP contribution is -2.08. The fraction of sp³-hybridized carbons (Fsp3) is 0.235. The summed E-state index contributed by atoms with van der Waals surface area (Å²) in [4.78, 5) is 0. The highest BCUT2D eigenvalue weighted by atomic mass is 16.5. The lowest BCUT2D eigenvalue weighted by Gasteiger charge is -2.17. The van der Waals surface area contributed by atoms with Crippen molar-refractivity contribution >= 4 is 0 Å². The van der Waals surface area contributed by atoms with Crippen molar-refractivity contribution in [3.05, 3.63) is 65.7 Å². The van der Waals surface area contributed by atoms with Gasteiger partial charge >= 0.3 is 0 Å². The van der Waals surface area contributed by atoms with Crippen LogP contribution in [0.2, 0.25) is 0 Å². The molecular formula is C17H18N2O. The number of hydrogen-bond donors (Lipinski definition) is 1. The van der Waals surface area contributed by atoms with E-state index in [9.17, 15) is 0 Å². The normalized spacial score (nSPS) is 11.6. The third-order valence-electron chi connectivity index (χ3n) is 3.01. The summed E-state index contributed by atoms with van der Waals surface area (Å²) in [6, 6.07) is 20.0. The zero-order valence-corrected chi connectivity index (χ0v) is 11.5. The van der Waals surface area contributed by atoms with Crippen LogP contribution in [0.15, 0.2) is 54.6 Å². The molecule has 0 saturated heterocycles. The predicted octanol–water partition coefficient (Wildman–Crippen LogP) is 3.44. The molecule has 0 amide bonds. The Morgan fingerprint density at radius 1 is 1.15 bits per heavy atom. The van der Waals surface area contributed by atoms with Crippen LogP contribution < -0.4 is 10.1 Å². The second-order valence-electron chi connectivity index (χ2n) is 4.56. The molecule has 1 atom stereocenters. The molecule has 0 radical (unpaired) electrons. The van der Waals surface area contributed by atoms with E-state index >= 15 is 0 Å². The molecule has 0 aliphatic carbocycles. The van der Waals surface area contributed by atoms with Gasteiger partial charge in [0.2, 0.25) is 0 Å². The lowest BCUT2D eigenvalue weighted by molar-refractivity contribution is 0.211. The molecular weight excluding hydrogens is 248 g/mol. The predicted molar refractivity (Wildman–Crippen MR) is 79.2 cm³/mol. The Kier molecular flexibility index (Phi) is 5.16. The van der Waals surface area contributed by atoms with Gasteiger partial charge in [0, 0.05) is 6.54 Å². The van der Waals surface area contributed by atoms with E-state index in [0.29, 0.717) is 6.42 Å². The second-order valence-corrected chi connectivity index (χ2v) is 4.56. The molecule has 0 fully saturated rings. The van der Waals surface area contributed by atoms with Gasteiger partial charge in [-0.05, 0) is 30.3 Å². The molecule has 0 spiro atoms. The van der Waals surface area contributed by atoms with E-state index in [-0.39, 0.29) is 6.10 Å². The molecule has 1 unspecified atom stereocenters. The van der Waals surface area contributed by atoms with E-state index in [1.807, 2.05) is 61.6 Å². The molecule has 2 aromatic rings. The second kappa shape index (κ2) is 7.32. The monoisotopic (exact) mass is 266 g/mol. The molecule has 3 heteroatoms. The van der Waals surface area contributed by atoms with E-state index in [4.69, 9.17) is 10.00 Å². The minimum Gasteiger partial charge on any atom is -0.485 e. The van der Waals surface area contributed by atoms with Crippen LogP contribution in [0.25, 0.3) is 0 Å². The fourth-order valence-electron chi connectivity index (χ4n) is 2.08. The molecule has 0 aliphatic rings. The number of hydrogen-bond acceptors (Lipinski definition) is 3. The number of nitriles is 1. The van der Waals surface area contributed by atoms with E-state index in [0.717, 1.165) is 23.4 Å². The van der Waals surface area contributed by atoms with Crippen LogP contribution in [-0.2, 0) is 6.54 Å². The minimum absolute atomic E-state index is 0.231. The van der Waals surface area contributed by atoms with Crippen LogP contribution in [0, 0.1) is 11.3 Å². The molecule has 3 nitrogen and oxygen atoms in total. The maximum absolute atomic E-state index is 8.97. The van der Waals surface area contributed by atoms with Gasteiger partial charge in [-0.25, -0.2) is 0 Å². The average Bonchev–Trinajstić information content (AvgIpc) is 2.48. The van der Waals surface area contributed by atoms with Gasteiger partial charge in [0.25, 0.3) is 0 Å². The van der Waals surface area contributed by atoms with Crippen molar-refractivity contribution in [3.63, 3.8) is 0 Å². The Morgan fingerprint density at radius 2 is 1.95 bits per heavy atom. The van der Waals surface area contributed by atoms with Gasteiger partial charge in [0.15, 0.2) is 0 Å². The molecule has 0 aliphatic heterocycles. The first-order valence-corrected chi connectivity index (χ1v) is 6.65. The van der Waals surface area contributed by atoms with E-state index in [2.05, 4.69) is 11.4 Å². The first kappa shape index (κ1) is 14.1. The van der Waals surface area contributed by atoms with E-state index in [1.165, 1.54) is 0 Å². The van der Waals surface area contributed by atoms with Crippen LogP contribution in [0.1, 0.15) is 23.7 Å². The van der Waals surface area contributed by atoms with Gasteiger partial charge in [0.05, 0.1) is 12.5 Å². The Morgan fingerprint density at radius 3 is 2.65 bits per heavy atom. The fourth-order valence-corrected chi connectivity index (χ4v) is 2.08. The lowest BCUT2D eigenvalue weighted by atomic mass is 10.1. The molecule has 2 aromatic carbocycles. The molecule has 1 N–H and O–H groups in total. The topological polar surface area (TPSA) is 45.0 Å². The van der Waals surface area contributed by atoms with Crippen molar-refractivity contribution < 1.29 is 4.74 Å². The van der Waals surface area contributed by atoms with Gasteiger partial charge < -0.3 is 10.1 Å². The largest absolute Gasteiger partial charge is 0.485 e. The molecule has 2 rings (SSSR count). The van der Waals surface area contributed by atoms with Crippen molar-refractivity contribution in [2.75, 3.05) is 7.05 Å². The number of rotatable bonds is 6. The van der Waals surface area contributed by atoms with Crippen molar-refractivity contribution in [3.8, 4) is 11.8 Å². The SMILES string of the molecule is CNCc1cccc(OC(CC#N)c2ccccc2)c1. The van der Waals surface area contributed by atoms with Crippen LogP contribution >= 0.6 is 0 Å². The summed E-state index contributed by atoms with van der Waals surface area (Å²) in [5, 5.41) is 12.1. The Balaban J connectivity index is 2.16. The van der Waals surface area contributed by atoms with Crippen molar-refractivity contribution in [1.82, 2.24) is 5.32 Å². The summed E-state index contributed by atoms with van der Waals surface area (Å²) >= 11 is 0. The van der Waals surface area contributed by atoms with E-state index < -0.39 is 0 Å². The standard InChI is InChI=1S/C17H18N2O/c1-19-13-14-6-5-9-16(12-14)20-17(10-11-18)15-7-3-2-4-8-15/h2-9,12,17,19H,10,13H2,1H3. The molecule has 0 bridgehead atoms. The van der Waals surface area contributed by atoms with Gasteiger partial charge in [-0.15, -0.1) is 0 Å². The average molecular weight is 266 g/mol. The third kappa shape index (κ3) is 3.84. The van der Waals surface area contributed by atoms with Gasteiger partial charge in [-0.3, -0.25) is 0 Å². The smallest absolute Gasteiger partial charge is 0.137 e. The van der Waals surface area contributed by atoms with Crippen LogP contribution in [0.5, 0.6) is 5.75 Å². The summed E-state index contributed by atoms with van der Waals surface area (Å²) in [6.45, 7) is 0.797. The highest BCUT2D eigenvalue weighted by Gasteiger charge is 2.12. The number of benzene rings is 2. The van der Waals surface area contributed by atoms with Crippen molar-refractivity contribution in [2.45, 2.75) is 19.1 Å². The van der Waals surface area contributed by atoms with Gasteiger partial charge in [-0.1, -0.05) is 42.5 Å². The first-order valence-electron chi connectivity index (χ1n) is 6.65. The molecule has 102 valence electrons. The summed E-state index contributed by atoms with van der Waals surface area (Å²) in [5.74, 6) is 0.793. The van der Waals surface area contributed by atoms with Gasteiger partial charge in [0.1, 0.15) is 11.9 Å². The summed E-state index contributed by atoms with van der Waals surface area (Å²) < 4.78 is 5.98. The number of ether oxygens (including phenoxy) is 1. The molecule has 0 saturated carbocycles. The maximum atomic E-state index is 8.97. The van der Waals surface area contributed by atoms with Crippen molar-refractivity contribution in [1.29, 1.82) is 5.26 Å². The zero-order chi connectivity index (χ0) is 14.2.